The van der Waals surface area contributed by atoms with Crippen LogP contribution >= 0.6 is 0 Å². The number of benzene rings is 1. The summed E-state index contributed by atoms with van der Waals surface area (Å²) in [5.74, 6) is 0.0284. The molecule has 0 aliphatic heterocycles. The van der Waals surface area contributed by atoms with Crippen molar-refractivity contribution in [3.63, 3.8) is 0 Å². The number of nitrogens with zero attached hydrogens (tertiary/aromatic N) is 4. The van der Waals surface area contributed by atoms with Gasteiger partial charge in [-0.05, 0) is 37.1 Å². The van der Waals surface area contributed by atoms with E-state index >= 15 is 0 Å². The van der Waals surface area contributed by atoms with Crippen molar-refractivity contribution in [1.29, 1.82) is 0 Å². The maximum atomic E-state index is 12.9. The molecular formula is C20H22N4O. The second-order valence-electron chi connectivity index (χ2n) is 5.98. The van der Waals surface area contributed by atoms with E-state index in [-0.39, 0.29) is 18.5 Å². The molecule has 0 N–H and O–H groups in total. The standard InChI is InChI=1S/C20H22N4O/c1-3-24(19(25)15-23-13-5-12-22-23)20(18-6-4-11-21-14-18)17-9-7-16(2)8-10-17/h4-14,20H,3,15H2,1-2H3/t20-/m0/s1. The van der Waals surface area contributed by atoms with Crippen molar-refractivity contribution < 1.29 is 4.79 Å². The number of amides is 1. The van der Waals surface area contributed by atoms with Crippen molar-refractivity contribution in [2.24, 2.45) is 0 Å². The lowest BCUT2D eigenvalue weighted by molar-refractivity contribution is -0.133. The third-order valence-electron chi connectivity index (χ3n) is 4.22. The van der Waals surface area contributed by atoms with Gasteiger partial charge in [0.05, 0.1) is 6.04 Å². The lowest BCUT2D eigenvalue weighted by Crippen LogP contribution is -2.37. The molecular weight excluding hydrogens is 312 g/mol. The number of hydrogen-bond donors (Lipinski definition) is 0. The summed E-state index contributed by atoms with van der Waals surface area (Å²) < 4.78 is 1.65. The van der Waals surface area contributed by atoms with Crippen molar-refractivity contribution in [3.8, 4) is 0 Å². The molecule has 1 atom stereocenters. The average molecular weight is 334 g/mol. The van der Waals surface area contributed by atoms with Crippen LogP contribution in [0.1, 0.15) is 29.7 Å². The van der Waals surface area contributed by atoms with Crippen LogP contribution in [0.5, 0.6) is 0 Å². The molecule has 25 heavy (non-hydrogen) atoms. The van der Waals surface area contributed by atoms with Gasteiger partial charge in [0.25, 0.3) is 0 Å². The molecule has 3 aromatic rings. The van der Waals surface area contributed by atoms with Crippen molar-refractivity contribution >= 4 is 5.91 Å². The minimum Gasteiger partial charge on any atom is -0.330 e. The third-order valence-corrected chi connectivity index (χ3v) is 4.22. The minimum atomic E-state index is -0.164. The Hall–Kier alpha value is -2.95. The first-order valence-electron chi connectivity index (χ1n) is 8.42. The maximum absolute atomic E-state index is 12.9. The highest BCUT2D eigenvalue weighted by Gasteiger charge is 2.26. The highest BCUT2D eigenvalue weighted by molar-refractivity contribution is 5.77. The predicted octanol–water partition coefficient (Wildman–Crippen LogP) is 3.22. The summed E-state index contributed by atoms with van der Waals surface area (Å²) in [5.41, 5.74) is 3.27. The molecule has 0 saturated heterocycles. The Morgan fingerprint density at radius 2 is 1.92 bits per heavy atom. The van der Waals surface area contributed by atoms with E-state index in [0.29, 0.717) is 6.54 Å². The predicted molar refractivity (Wildman–Crippen MR) is 96.9 cm³/mol. The van der Waals surface area contributed by atoms with E-state index in [1.807, 2.05) is 36.2 Å². The number of carbonyl (C=O) groups excluding carboxylic acids is 1. The minimum absolute atomic E-state index is 0.0284. The number of aryl methyl sites for hydroxylation is 1. The van der Waals surface area contributed by atoms with Crippen LogP contribution in [-0.2, 0) is 11.3 Å². The molecule has 5 nitrogen and oxygen atoms in total. The first-order chi connectivity index (χ1) is 12.2. The van der Waals surface area contributed by atoms with Crippen LogP contribution in [0.4, 0.5) is 0 Å². The van der Waals surface area contributed by atoms with Gasteiger partial charge in [-0.3, -0.25) is 14.5 Å². The van der Waals surface area contributed by atoms with Gasteiger partial charge in [0, 0.05) is 31.3 Å². The molecule has 2 aromatic heterocycles. The molecule has 0 spiro atoms. The molecule has 0 fully saturated rings. The molecule has 3 rings (SSSR count). The number of pyridine rings is 1. The lowest BCUT2D eigenvalue weighted by Gasteiger charge is -2.31. The highest BCUT2D eigenvalue weighted by Crippen LogP contribution is 2.28. The van der Waals surface area contributed by atoms with Crippen molar-refractivity contribution in [2.75, 3.05) is 6.54 Å². The smallest absolute Gasteiger partial charge is 0.245 e. The Balaban J connectivity index is 1.96. The molecule has 0 saturated carbocycles. The zero-order valence-corrected chi connectivity index (χ0v) is 14.5. The third kappa shape index (κ3) is 3.94. The first kappa shape index (κ1) is 16.9. The summed E-state index contributed by atoms with van der Waals surface area (Å²) >= 11 is 0. The second kappa shape index (κ2) is 7.75. The van der Waals surface area contributed by atoms with Crippen LogP contribution in [0.15, 0.2) is 67.3 Å². The van der Waals surface area contributed by atoms with E-state index in [1.54, 1.807) is 23.3 Å². The van der Waals surface area contributed by atoms with Crippen molar-refractivity contribution in [1.82, 2.24) is 19.7 Å². The summed E-state index contributed by atoms with van der Waals surface area (Å²) in [6.45, 7) is 4.89. The Kier molecular flexibility index (Phi) is 5.23. The number of hydrogen-bond acceptors (Lipinski definition) is 3. The largest absolute Gasteiger partial charge is 0.330 e. The summed E-state index contributed by atoms with van der Waals surface area (Å²) in [4.78, 5) is 19.1. The normalized spacial score (nSPS) is 11.9. The van der Waals surface area contributed by atoms with Crippen LogP contribution in [0.3, 0.4) is 0 Å². The Bertz CT molecular complexity index is 797. The van der Waals surface area contributed by atoms with Gasteiger partial charge < -0.3 is 4.90 Å². The Labute approximate surface area is 147 Å². The molecule has 5 heteroatoms. The fourth-order valence-corrected chi connectivity index (χ4v) is 2.97. The number of likely N-dealkylation sites (N-methyl/N-ethyl adjacent to an activating group) is 1. The van der Waals surface area contributed by atoms with E-state index in [2.05, 4.69) is 41.3 Å². The molecule has 128 valence electrons. The van der Waals surface area contributed by atoms with Gasteiger partial charge in [-0.2, -0.15) is 5.10 Å². The van der Waals surface area contributed by atoms with E-state index in [9.17, 15) is 4.79 Å². The average Bonchev–Trinajstić information content (AvgIpc) is 3.14. The molecule has 0 aliphatic carbocycles. The Morgan fingerprint density at radius 3 is 2.52 bits per heavy atom. The monoisotopic (exact) mass is 334 g/mol. The van der Waals surface area contributed by atoms with E-state index in [4.69, 9.17) is 0 Å². The van der Waals surface area contributed by atoms with Crippen LogP contribution in [0.2, 0.25) is 0 Å². The van der Waals surface area contributed by atoms with Crippen LogP contribution in [0, 0.1) is 6.92 Å². The van der Waals surface area contributed by atoms with Crippen molar-refractivity contribution in [2.45, 2.75) is 26.4 Å². The van der Waals surface area contributed by atoms with Gasteiger partial charge >= 0.3 is 0 Å². The van der Waals surface area contributed by atoms with E-state index < -0.39 is 0 Å². The molecule has 0 unspecified atom stereocenters. The van der Waals surface area contributed by atoms with Crippen LogP contribution in [-0.4, -0.2) is 32.1 Å². The van der Waals surface area contributed by atoms with Crippen molar-refractivity contribution in [3.05, 3.63) is 83.9 Å². The fraction of sp³-hybridized carbons (Fsp3) is 0.250. The number of aromatic nitrogens is 3. The summed E-state index contributed by atoms with van der Waals surface area (Å²) in [6.07, 6.45) is 7.06. The van der Waals surface area contributed by atoms with Crippen LogP contribution in [0.25, 0.3) is 0 Å². The summed E-state index contributed by atoms with van der Waals surface area (Å²) in [7, 11) is 0. The highest BCUT2D eigenvalue weighted by atomic mass is 16.2. The maximum Gasteiger partial charge on any atom is 0.245 e. The molecule has 1 aromatic carbocycles. The quantitative estimate of drug-likeness (QED) is 0.695. The molecule has 1 amide bonds. The van der Waals surface area contributed by atoms with Gasteiger partial charge in [-0.15, -0.1) is 0 Å². The zero-order valence-electron chi connectivity index (χ0n) is 14.5. The SMILES string of the molecule is CCN(C(=O)Cn1cccn1)[C@@H](c1ccc(C)cc1)c1cccnc1. The summed E-state index contributed by atoms with van der Waals surface area (Å²) in [5, 5.41) is 4.15. The van der Waals surface area contributed by atoms with Gasteiger partial charge in [0.15, 0.2) is 0 Å². The second-order valence-corrected chi connectivity index (χ2v) is 5.98. The summed E-state index contributed by atoms with van der Waals surface area (Å²) in [6, 6.07) is 13.9. The number of rotatable bonds is 6. The van der Waals surface area contributed by atoms with Gasteiger partial charge in [0.2, 0.25) is 5.91 Å². The topological polar surface area (TPSA) is 51.0 Å². The zero-order chi connectivity index (χ0) is 17.6. The van der Waals surface area contributed by atoms with Gasteiger partial charge in [-0.1, -0.05) is 35.9 Å². The molecule has 2 heterocycles. The molecule has 0 aliphatic rings. The lowest BCUT2D eigenvalue weighted by atomic mass is 9.97. The van der Waals surface area contributed by atoms with Gasteiger partial charge in [0.1, 0.15) is 6.54 Å². The first-order valence-corrected chi connectivity index (χ1v) is 8.42. The van der Waals surface area contributed by atoms with Gasteiger partial charge in [-0.25, -0.2) is 0 Å². The molecule has 0 bridgehead atoms. The van der Waals surface area contributed by atoms with Crippen LogP contribution < -0.4 is 0 Å². The molecule has 0 radical (unpaired) electrons. The van der Waals surface area contributed by atoms with E-state index in [0.717, 1.165) is 11.1 Å². The van der Waals surface area contributed by atoms with E-state index in [1.165, 1.54) is 5.56 Å². The Morgan fingerprint density at radius 1 is 1.12 bits per heavy atom. The number of carbonyl (C=O) groups is 1. The fourth-order valence-electron chi connectivity index (χ4n) is 2.97.